The van der Waals surface area contributed by atoms with Crippen molar-refractivity contribution in [3.8, 4) is 0 Å². The second kappa shape index (κ2) is 4.53. The van der Waals surface area contributed by atoms with E-state index in [2.05, 4.69) is 5.32 Å². The van der Waals surface area contributed by atoms with E-state index in [1.165, 1.54) is 6.07 Å². The van der Waals surface area contributed by atoms with Gasteiger partial charge in [-0.1, -0.05) is 0 Å². The SMILES string of the molecule is CC(Nc1ccc(N)cc1F)c1ccsc1. The molecule has 2 rings (SSSR count). The second-order valence-electron chi connectivity index (χ2n) is 3.66. The molecule has 1 aromatic carbocycles. The second-order valence-corrected chi connectivity index (χ2v) is 4.44. The fourth-order valence-electron chi connectivity index (χ4n) is 1.49. The maximum Gasteiger partial charge on any atom is 0.148 e. The van der Waals surface area contributed by atoms with E-state index in [9.17, 15) is 4.39 Å². The molecule has 2 aromatic rings. The van der Waals surface area contributed by atoms with Crippen LogP contribution in [0.5, 0.6) is 0 Å². The fourth-order valence-corrected chi connectivity index (χ4v) is 2.24. The Bertz CT molecular complexity index is 468. The van der Waals surface area contributed by atoms with Gasteiger partial charge in [-0.05, 0) is 47.5 Å². The molecule has 0 saturated carbocycles. The summed E-state index contributed by atoms with van der Waals surface area (Å²) < 4.78 is 13.5. The summed E-state index contributed by atoms with van der Waals surface area (Å²) in [5, 5.41) is 7.17. The number of anilines is 2. The van der Waals surface area contributed by atoms with E-state index >= 15 is 0 Å². The van der Waals surface area contributed by atoms with Gasteiger partial charge >= 0.3 is 0 Å². The van der Waals surface area contributed by atoms with Crippen molar-refractivity contribution in [2.45, 2.75) is 13.0 Å². The summed E-state index contributed by atoms with van der Waals surface area (Å²) in [6.45, 7) is 2.00. The Morgan fingerprint density at radius 2 is 2.19 bits per heavy atom. The summed E-state index contributed by atoms with van der Waals surface area (Å²) >= 11 is 1.63. The fraction of sp³-hybridized carbons (Fsp3) is 0.167. The Morgan fingerprint density at radius 1 is 1.38 bits per heavy atom. The third-order valence-electron chi connectivity index (χ3n) is 2.41. The van der Waals surface area contributed by atoms with E-state index in [0.29, 0.717) is 11.4 Å². The van der Waals surface area contributed by atoms with Crippen molar-refractivity contribution in [1.29, 1.82) is 0 Å². The van der Waals surface area contributed by atoms with Gasteiger partial charge in [0, 0.05) is 11.7 Å². The van der Waals surface area contributed by atoms with Crippen molar-refractivity contribution in [3.63, 3.8) is 0 Å². The highest BCUT2D eigenvalue weighted by Gasteiger charge is 2.08. The lowest BCUT2D eigenvalue weighted by Gasteiger charge is -2.14. The highest BCUT2D eigenvalue weighted by molar-refractivity contribution is 7.07. The molecule has 84 valence electrons. The molecule has 4 heteroatoms. The average Bonchev–Trinajstić information content (AvgIpc) is 2.75. The molecule has 0 bridgehead atoms. The Hall–Kier alpha value is -1.55. The molecule has 2 nitrogen and oxygen atoms in total. The van der Waals surface area contributed by atoms with Crippen LogP contribution in [0, 0.1) is 5.82 Å². The molecule has 0 saturated heterocycles. The maximum absolute atomic E-state index is 13.5. The zero-order valence-electron chi connectivity index (χ0n) is 8.91. The van der Waals surface area contributed by atoms with Gasteiger partial charge in [0.25, 0.3) is 0 Å². The highest BCUT2D eigenvalue weighted by Crippen LogP contribution is 2.24. The van der Waals surface area contributed by atoms with Crippen LogP contribution >= 0.6 is 11.3 Å². The number of halogens is 1. The van der Waals surface area contributed by atoms with Gasteiger partial charge in [0.15, 0.2) is 0 Å². The monoisotopic (exact) mass is 236 g/mol. The third kappa shape index (κ3) is 2.33. The molecule has 0 radical (unpaired) electrons. The zero-order chi connectivity index (χ0) is 11.5. The van der Waals surface area contributed by atoms with E-state index < -0.39 is 0 Å². The van der Waals surface area contributed by atoms with Crippen LogP contribution < -0.4 is 11.1 Å². The molecule has 0 spiro atoms. The first-order chi connectivity index (χ1) is 7.66. The summed E-state index contributed by atoms with van der Waals surface area (Å²) in [6, 6.07) is 6.78. The van der Waals surface area contributed by atoms with Crippen molar-refractivity contribution in [2.75, 3.05) is 11.1 Å². The summed E-state index contributed by atoms with van der Waals surface area (Å²) in [5.41, 5.74) is 7.56. The number of rotatable bonds is 3. The van der Waals surface area contributed by atoms with E-state index in [4.69, 9.17) is 5.73 Å². The minimum absolute atomic E-state index is 0.0874. The molecule has 0 amide bonds. The van der Waals surface area contributed by atoms with Gasteiger partial charge in [0.1, 0.15) is 5.82 Å². The van der Waals surface area contributed by atoms with Crippen molar-refractivity contribution in [1.82, 2.24) is 0 Å². The van der Waals surface area contributed by atoms with Crippen LogP contribution in [-0.2, 0) is 0 Å². The van der Waals surface area contributed by atoms with Crippen LogP contribution in [0.15, 0.2) is 35.0 Å². The molecule has 0 fully saturated rings. The molecule has 1 atom stereocenters. The molecular weight excluding hydrogens is 223 g/mol. The summed E-state index contributed by atoms with van der Waals surface area (Å²) in [7, 11) is 0. The van der Waals surface area contributed by atoms with Crippen LogP contribution in [0.25, 0.3) is 0 Å². The number of nitrogens with two attached hydrogens (primary N) is 1. The maximum atomic E-state index is 13.5. The average molecular weight is 236 g/mol. The third-order valence-corrected chi connectivity index (χ3v) is 3.11. The molecular formula is C12H13FN2S. The summed E-state index contributed by atoms with van der Waals surface area (Å²) in [6.07, 6.45) is 0. The van der Waals surface area contributed by atoms with Gasteiger partial charge in [0.05, 0.1) is 5.69 Å². The number of thiophene rings is 1. The number of hydrogen-bond acceptors (Lipinski definition) is 3. The van der Waals surface area contributed by atoms with Crippen LogP contribution in [0.4, 0.5) is 15.8 Å². The number of benzene rings is 1. The molecule has 1 aromatic heterocycles. The molecule has 0 aliphatic heterocycles. The van der Waals surface area contributed by atoms with Crippen molar-refractivity contribution in [3.05, 3.63) is 46.4 Å². The minimum Gasteiger partial charge on any atom is -0.399 e. The predicted octanol–water partition coefficient (Wildman–Crippen LogP) is 3.64. The summed E-state index contributed by atoms with van der Waals surface area (Å²) in [5.74, 6) is -0.318. The van der Waals surface area contributed by atoms with Crippen molar-refractivity contribution >= 4 is 22.7 Å². The molecule has 0 aliphatic carbocycles. The van der Waals surface area contributed by atoms with Gasteiger partial charge in [-0.15, -0.1) is 0 Å². The smallest absolute Gasteiger partial charge is 0.148 e. The van der Waals surface area contributed by atoms with Gasteiger partial charge in [-0.3, -0.25) is 0 Å². The minimum atomic E-state index is -0.318. The first-order valence-corrected chi connectivity index (χ1v) is 5.95. The van der Waals surface area contributed by atoms with Gasteiger partial charge in [-0.25, -0.2) is 4.39 Å². The van der Waals surface area contributed by atoms with Crippen LogP contribution in [0.3, 0.4) is 0 Å². The topological polar surface area (TPSA) is 38.0 Å². The van der Waals surface area contributed by atoms with E-state index in [1.54, 1.807) is 23.5 Å². The largest absolute Gasteiger partial charge is 0.399 e. The standard InChI is InChI=1S/C12H13FN2S/c1-8(9-4-5-16-7-9)15-12-3-2-10(14)6-11(12)13/h2-8,15H,14H2,1H3. The molecule has 16 heavy (non-hydrogen) atoms. The molecule has 0 aliphatic rings. The summed E-state index contributed by atoms with van der Waals surface area (Å²) in [4.78, 5) is 0. The van der Waals surface area contributed by atoms with E-state index in [-0.39, 0.29) is 11.9 Å². The van der Waals surface area contributed by atoms with E-state index in [0.717, 1.165) is 5.56 Å². The number of hydrogen-bond donors (Lipinski definition) is 2. The predicted molar refractivity (Wildman–Crippen MR) is 67.2 cm³/mol. The van der Waals surface area contributed by atoms with Crippen LogP contribution in [0.2, 0.25) is 0 Å². The van der Waals surface area contributed by atoms with E-state index in [1.807, 2.05) is 23.8 Å². The Balaban J connectivity index is 2.15. The van der Waals surface area contributed by atoms with Crippen LogP contribution in [-0.4, -0.2) is 0 Å². The Morgan fingerprint density at radius 3 is 2.81 bits per heavy atom. The highest BCUT2D eigenvalue weighted by atomic mass is 32.1. The normalized spacial score (nSPS) is 12.4. The lowest BCUT2D eigenvalue weighted by Crippen LogP contribution is -2.07. The van der Waals surface area contributed by atoms with Gasteiger partial charge in [-0.2, -0.15) is 11.3 Å². The van der Waals surface area contributed by atoms with Gasteiger partial charge < -0.3 is 11.1 Å². The Kier molecular flexibility index (Phi) is 3.10. The Labute approximate surface area is 97.9 Å². The van der Waals surface area contributed by atoms with Gasteiger partial charge in [0.2, 0.25) is 0 Å². The molecule has 1 unspecified atom stereocenters. The number of nitrogen functional groups attached to an aromatic ring is 1. The first-order valence-electron chi connectivity index (χ1n) is 5.00. The van der Waals surface area contributed by atoms with Crippen molar-refractivity contribution < 1.29 is 4.39 Å². The number of nitrogens with one attached hydrogen (secondary N) is 1. The zero-order valence-corrected chi connectivity index (χ0v) is 9.72. The van der Waals surface area contributed by atoms with Crippen LogP contribution in [0.1, 0.15) is 18.5 Å². The molecule has 3 N–H and O–H groups in total. The lowest BCUT2D eigenvalue weighted by atomic mass is 10.1. The van der Waals surface area contributed by atoms with Crippen molar-refractivity contribution in [2.24, 2.45) is 0 Å². The molecule has 1 heterocycles. The lowest BCUT2D eigenvalue weighted by molar-refractivity contribution is 0.628. The quantitative estimate of drug-likeness (QED) is 0.798. The first kappa shape index (κ1) is 11.0.